The SMILES string of the molecule is COc1cc(OCc2cccc(-c3cccc(OCCN4CCOCC4)c3)c2C)cc(OC)c1CNCCO. The molecule has 3 aromatic carbocycles. The van der Waals surface area contributed by atoms with Crippen LogP contribution in [0.2, 0.25) is 0 Å². The molecule has 0 aromatic heterocycles. The van der Waals surface area contributed by atoms with Crippen LogP contribution in [-0.4, -0.2) is 76.8 Å². The van der Waals surface area contributed by atoms with Crippen LogP contribution in [0.5, 0.6) is 23.0 Å². The number of nitrogens with zero attached hydrogens (tertiary/aromatic N) is 1. The van der Waals surface area contributed by atoms with Crippen LogP contribution in [0.15, 0.2) is 54.6 Å². The summed E-state index contributed by atoms with van der Waals surface area (Å²) in [6.45, 7) is 8.67. The van der Waals surface area contributed by atoms with Gasteiger partial charge in [0.25, 0.3) is 0 Å². The number of hydrogen-bond donors (Lipinski definition) is 2. The van der Waals surface area contributed by atoms with Crippen LogP contribution in [0.3, 0.4) is 0 Å². The Morgan fingerprint density at radius 2 is 1.67 bits per heavy atom. The highest BCUT2D eigenvalue weighted by Crippen LogP contribution is 2.35. The first-order valence-electron chi connectivity index (χ1n) is 13.4. The van der Waals surface area contributed by atoms with Gasteiger partial charge in [-0.3, -0.25) is 4.90 Å². The van der Waals surface area contributed by atoms with Crippen LogP contribution < -0.4 is 24.3 Å². The Hall–Kier alpha value is -3.30. The van der Waals surface area contributed by atoms with E-state index in [4.69, 9.17) is 28.8 Å². The van der Waals surface area contributed by atoms with Gasteiger partial charge in [0, 0.05) is 44.9 Å². The van der Waals surface area contributed by atoms with E-state index in [9.17, 15) is 0 Å². The van der Waals surface area contributed by atoms with Gasteiger partial charge >= 0.3 is 0 Å². The largest absolute Gasteiger partial charge is 0.496 e. The molecule has 4 rings (SSSR count). The molecule has 8 nitrogen and oxygen atoms in total. The van der Waals surface area contributed by atoms with Gasteiger partial charge in [0.05, 0.1) is 39.6 Å². The lowest BCUT2D eigenvalue weighted by Crippen LogP contribution is -2.38. The van der Waals surface area contributed by atoms with E-state index < -0.39 is 0 Å². The summed E-state index contributed by atoms with van der Waals surface area (Å²) in [5.74, 6) is 2.88. The molecular formula is C31H40N2O6. The van der Waals surface area contributed by atoms with E-state index in [-0.39, 0.29) is 6.61 Å². The van der Waals surface area contributed by atoms with E-state index >= 15 is 0 Å². The number of benzene rings is 3. The molecule has 0 atom stereocenters. The minimum Gasteiger partial charge on any atom is -0.496 e. The predicted octanol–water partition coefficient (Wildman–Crippen LogP) is 4.05. The lowest BCUT2D eigenvalue weighted by atomic mass is 9.96. The zero-order valence-corrected chi connectivity index (χ0v) is 23.2. The quantitative estimate of drug-likeness (QED) is 0.299. The van der Waals surface area contributed by atoms with Crippen molar-refractivity contribution in [3.05, 3.63) is 71.3 Å². The molecule has 39 heavy (non-hydrogen) atoms. The number of rotatable bonds is 14. The van der Waals surface area contributed by atoms with E-state index in [2.05, 4.69) is 47.5 Å². The molecule has 0 amide bonds. The Balaban J connectivity index is 1.43. The maximum atomic E-state index is 9.07. The van der Waals surface area contributed by atoms with Crippen molar-refractivity contribution in [2.75, 3.05) is 66.8 Å². The lowest BCUT2D eigenvalue weighted by Gasteiger charge is -2.26. The Morgan fingerprint density at radius 3 is 2.38 bits per heavy atom. The zero-order valence-electron chi connectivity index (χ0n) is 23.2. The molecule has 210 valence electrons. The molecule has 8 heteroatoms. The highest BCUT2D eigenvalue weighted by atomic mass is 16.5. The number of aliphatic hydroxyl groups is 1. The molecule has 0 saturated carbocycles. The number of ether oxygens (including phenoxy) is 5. The van der Waals surface area contributed by atoms with Crippen molar-refractivity contribution in [3.8, 4) is 34.1 Å². The number of hydrogen-bond acceptors (Lipinski definition) is 8. The molecule has 0 bridgehead atoms. The lowest BCUT2D eigenvalue weighted by molar-refractivity contribution is 0.0322. The summed E-state index contributed by atoms with van der Waals surface area (Å²) < 4.78 is 28.9. The molecule has 2 N–H and O–H groups in total. The first-order chi connectivity index (χ1) is 19.1. The average Bonchev–Trinajstić information content (AvgIpc) is 2.97. The van der Waals surface area contributed by atoms with Gasteiger partial charge in [-0.2, -0.15) is 0 Å². The fraction of sp³-hybridized carbons (Fsp3) is 0.419. The third-order valence-corrected chi connectivity index (χ3v) is 6.94. The van der Waals surface area contributed by atoms with Gasteiger partial charge in [0.2, 0.25) is 0 Å². The predicted molar refractivity (Wildman–Crippen MR) is 152 cm³/mol. The van der Waals surface area contributed by atoms with E-state index in [1.54, 1.807) is 14.2 Å². The number of morpholine rings is 1. The molecule has 0 aliphatic carbocycles. The molecule has 0 spiro atoms. The molecule has 1 aliphatic rings. The number of nitrogens with one attached hydrogen (secondary N) is 1. The second-order valence-corrected chi connectivity index (χ2v) is 9.42. The van der Waals surface area contributed by atoms with Crippen molar-refractivity contribution in [2.24, 2.45) is 0 Å². The van der Waals surface area contributed by atoms with Gasteiger partial charge in [-0.1, -0.05) is 30.3 Å². The van der Waals surface area contributed by atoms with E-state index in [1.807, 2.05) is 24.3 Å². The summed E-state index contributed by atoms with van der Waals surface area (Å²) in [5.41, 5.74) is 5.40. The summed E-state index contributed by atoms with van der Waals surface area (Å²) in [4.78, 5) is 2.37. The van der Waals surface area contributed by atoms with E-state index in [0.29, 0.717) is 43.6 Å². The molecule has 1 heterocycles. The molecule has 0 radical (unpaired) electrons. The summed E-state index contributed by atoms with van der Waals surface area (Å²) in [7, 11) is 3.25. The first kappa shape index (κ1) is 28.7. The fourth-order valence-electron chi connectivity index (χ4n) is 4.69. The second-order valence-electron chi connectivity index (χ2n) is 9.42. The molecular weight excluding hydrogens is 496 g/mol. The van der Waals surface area contributed by atoms with Gasteiger partial charge in [-0.05, 0) is 41.3 Å². The van der Waals surface area contributed by atoms with Gasteiger partial charge < -0.3 is 34.1 Å². The van der Waals surface area contributed by atoms with Crippen LogP contribution in [0.4, 0.5) is 0 Å². The highest BCUT2D eigenvalue weighted by molar-refractivity contribution is 5.69. The molecule has 1 fully saturated rings. The molecule has 0 unspecified atom stereocenters. The van der Waals surface area contributed by atoms with Crippen molar-refractivity contribution in [1.29, 1.82) is 0 Å². The monoisotopic (exact) mass is 536 g/mol. The fourth-order valence-corrected chi connectivity index (χ4v) is 4.69. The standard InChI is InChI=1S/C31H40N2O6/c1-23-25(22-39-27-19-30(35-2)29(21-32-10-14-34)31(20-27)36-3)7-5-9-28(23)24-6-4-8-26(18-24)38-17-13-33-11-15-37-16-12-33/h4-9,18-20,32,34H,10-17,21-22H2,1-3H3. The normalized spacial score (nSPS) is 13.7. The van der Waals surface area contributed by atoms with Crippen LogP contribution in [0.25, 0.3) is 11.1 Å². The molecule has 1 aliphatic heterocycles. The summed E-state index contributed by atoms with van der Waals surface area (Å²) in [6.07, 6.45) is 0. The van der Waals surface area contributed by atoms with Crippen LogP contribution in [-0.2, 0) is 17.9 Å². The zero-order chi connectivity index (χ0) is 27.5. The highest BCUT2D eigenvalue weighted by Gasteiger charge is 2.15. The van der Waals surface area contributed by atoms with Gasteiger partial charge in [-0.15, -0.1) is 0 Å². The maximum absolute atomic E-state index is 9.07. The van der Waals surface area contributed by atoms with E-state index in [1.165, 1.54) is 0 Å². The van der Waals surface area contributed by atoms with Gasteiger partial charge in [-0.25, -0.2) is 0 Å². The van der Waals surface area contributed by atoms with Crippen molar-refractivity contribution in [3.63, 3.8) is 0 Å². The van der Waals surface area contributed by atoms with E-state index in [0.717, 1.165) is 66.4 Å². The summed E-state index contributed by atoms with van der Waals surface area (Å²) >= 11 is 0. The van der Waals surface area contributed by atoms with Crippen LogP contribution >= 0.6 is 0 Å². The second kappa shape index (κ2) is 14.7. The molecule has 3 aromatic rings. The Morgan fingerprint density at radius 1 is 0.923 bits per heavy atom. The smallest absolute Gasteiger partial charge is 0.130 e. The van der Waals surface area contributed by atoms with Gasteiger partial charge in [0.15, 0.2) is 0 Å². The van der Waals surface area contributed by atoms with Crippen LogP contribution in [0.1, 0.15) is 16.7 Å². The average molecular weight is 537 g/mol. The van der Waals surface area contributed by atoms with Crippen molar-refractivity contribution < 1.29 is 28.8 Å². The first-order valence-corrected chi connectivity index (χ1v) is 13.4. The van der Waals surface area contributed by atoms with Crippen molar-refractivity contribution in [1.82, 2.24) is 10.2 Å². The van der Waals surface area contributed by atoms with Crippen LogP contribution in [0, 0.1) is 6.92 Å². The molecule has 1 saturated heterocycles. The van der Waals surface area contributed by atoms with Crippen molar-refractivity contribution in [2.45, 2.75) is 20.1 Å². The third-order valence-electron chi connectivity index (χ3n) is 6.94. The Bertz CT molecular complexity index is 1170. The third kappa shape index (κ3) is 7.86. The minimum absolute atomic E-state index is 0.0660. The minimum atomic E-state index is 0.0660. The summed E-state index contributed by atoms with van der Waals surface area (Å²) in [6, 6.07) is 18.3. The number of methoxy groups -OCH3 is 2. The topological polar surface area (TPSA) is 81.7 Å². The number of aliphatic hydroxyl groups excluding tert-OH is 1. The van der Waals surface area contributed by atoms with Gasteiger partial charge in [0.1, 0.15) is 36.2 Å². The Labute approximate surface area is 231 Å². The van der Waals surface area contributed by atoms with Crippen molar-refractivity contribution >= 4 is 0 Å². The Kier molecular flexibility index (Phi) is 10.9. The summed E-state index contributed by atoms with van der Waals surface area (Å²) in [5, 5.41) is 12.2. The maximum Gasteiger partial charge on any atom is 0.130 e.